The van der Waals surface area contributed by atoms with Crippen LogP contribution in [0.3, 0.4) is 0 Å². The van der Waals surface area contributed by atoms with Crippen molar-refractivity contribution in [3.8, 4) is 0 Å². The maximum Gasteiger partial charge on any atom is 0.427 e. The van der Waals surface area contributed by atoms with Crippen molar-refractivity contribution in [2.24, 2.45) is 0 Å². The van der Waals surface area contributed by atoms with Gasteiger partial charge in [0.2, 0.25) is 0 Å². The summed E-state index contributed by atoms with van der Waals surface area (Å²) in [5, 5.41) is 14.9. The van der Waals surface area contributed by atoms with Gasteiger partial charge in [-0.1, -0.05) is 0 Å². The summed E-state index contributed by atoms with van der Waals surface area (Å²) < 4.78 is 22.1. The second-order valence-corrected chi connectivity index (χ2v) is 4.43. The Kier molecular flexibility index (Phi) is 2.76. The molecule has 0 aliphatic carbocycles. The van der Waals surface area contributed by atoms with Crippen LogP contribution in [0.25, 0.3) is 0 Å². The number of carbonyl (C=O) groups is 2. The molecule has 0 bridgehead atoms. The molecule has 1 aromatic rings. The molecule has 0 fully saturated rings. The van der Waals surface area contributed by atoms with Crippen molar-refractivity contribution in [2.45, 2.75) is 4.90 Å². The third kappa shape index (κ3) is 2.13. The van der Waals surface area contributed by atoms with Crippen LogP contribution < -0.4 is 0 Å². The third-order valence-corrected chi connectivity index (χ3v) is 2.99. The second-order valence-electron chi connectivity index (χ2n) is 2.60. The number of hydrogen-bond acceptors (Lipinski definition) is 4. The molecule has 0 heterocycles. The Labute approximate surface area is 84.7 Å². The second kappa shape index (κ2) is 3.70. The third-order valence-electron chi connectivity index (χ3n) is 1.64. The van der Waals surface area contributed by atoms with Gasteiger partial charge in [-0.25, -0.2) is 18.0 Å². The summed E-state index contributed by atoms with van der Waals surface area (Å²) in [6.45, 7) is 0. The van der Waals surface area contributed by atoms with Crippen molar-refractivity contribution in [1.82, 2.24) is 0 Å². The van der Waals surface area contributed by atoms with E-state index in [0.29, 0.717) is 0 Å². The van der Waals surface area contributed by atoms with Crippen molar-refractivity contribution < 1.29 is 28.2 Å². The van der Waals surface area contributed by atoms with Crippen LogP contribution in [0.1, 0.15) is 10.4 Å². The van der Waals surface area contributed by atoms with E-state index in [0.717, 1.165) is 24.3 Å². The van der Waals surface area contributed by atoms with Gasteiger partial charge >= 0.3 is 11.3 Å². The quantitative estimate of drug-likeness (QED) is 0.779. The molecule has 7 heteroatoms. The van der Waals surface area contributed by atoms with E-state index in [1.807, 2.05) is 0 Å². The summed E-state index contributed by atoms with van der Waals surface area (Å²) >= 11 is 0. The molecule has 0 amide bonds. The van der Waals surface area contributed by atoms with E-state index in [1.165, 1.54) is 0 Å². The van der Waals surface area contributed by atoms with Crippen LogP contribution in [0.5, 0.6) is 0 Å². The van der Waals surface area contributed by atoms with Gasteiger partial charge in [0.25, 0.3) is 9.84 Å². The Bertz CT molecular complexity index is 498. The highest BCUT2D eigenvalue weighted by Gasteiger charge is 2.23. The summed E-state index contributed by atoms with van der Waals surface area (Å²) in [7, 11) is -4.40. The largest absolute Gasteiger partial charge is 0.478 e. The van der Waals surface area contributed by atoms with E-state index in [1.54, 1.807) is 0 Å². The minimum atomic E-state index is -4.40. The highest BCUT2D eigenvalue weighted by atomic mass is 32.2. The summed E-state index contributed by atoms with van der Waals surface area (Å²) in [5.74, 6) is -1.21. The Balaban J connectivity index is 3.21. The molecule has 1 rings (SSSR count). The molecular weight excluding hydrogens is 224 g/mol. The molecule has 0 aliphatic heterocycles. The molecule has 1 aromatic carbocycles. The first kappa shape index (κ1) is 11.2. The predicted molar refractivity (Wildman–Crippen MR) is 48.6 cm³/mol. The minimum absolute atomic E-state index is 0.112. The van der Waals surface area contributed by atoms with Gasteiger partial charge in [0.05, 0.1) is 10.5 Å². The maximum absolute atomic E-state index is 11.1. The fourth-order valence-electron chi connectivity index (χ4n) is 0.877. The summed E-state index contributed by atoms with van der Waals surface area (Å²) in [6, 6.07) is 3.93. The fourth-order valence-corrected chi connectivity index (χ4v) is 1.57. The topological polar surface area (TPSA) is 109 Å². The zero-order valence-corrected chi connectivity index (χ0v) is 8.06. The van der Waals surface area contributed by atoms with Crippen molar-refractivity contribution in [1.29, 1.82) is 0 Å². The molecule has 0 spiro atoms. The molecule has 15 heavy (non-hydrogen) atoms. The normalized spacial score (nSPS) is 10.9. The number of hydrogen-bond donors (Lipinski definition) is 2. The summed E-state index contributed by atoms with van der Waals surface area (Å²) in [5.41, 5.74) is -0.112. The molecular formula is C8H6O6S. The monoisotopic (exact) mass is 230 g/mol. The first-order chi connectivity index (χ1) is 6.85. The lowest BCUT2D eigenvalue weighted by Gasteiger charge is -1.99. The van der Waals surface area contributed by atoms with Crippen LogP contribution in [0.15, 0.2) is 29.2 Å². The van der Waals surface area contributed by atoms with E-state index in [-0.39, 0.29) is 5.56 Å². The molecule has 0 aliphatic rings. The van der Waals surface area contributed by atoms with Gasteiger partial charge in [0.15, 0.2) is 0 Å². The van der Waals surface area contributed by atoms with Gasteiger partial charge in [-0.2, -0.15) is 0 Å². The highest BCUT2D eigenvalue weighted by Crippen LogP contribution is 2.12. The molecule has 6 nitrogen and oxygen atoms in total. The molecule has 0 radical (unpaired) electrons. The van der Waals surface area contributed by atoms with Gasteiger partial charge in [-0.05, 0) is 24.3 Å². The lowest BCUT2D eigenvalue weighted by Crippen LogP contribution is -2.12. The van der Waals surface area contributed by atoms with Crippen molar-refractivity contribution in [2.75, 3.05) is 0 Å². The highest BCUT2D eigenvalue weighted by molar-refractivity contribution is 8.05. The van der Waals surface area contributed by atoms with E-state index >= 15 is 0 Å². The van der Waals surface area contributed by atoms with Crippen LogP contribution in [-0.4, -0.2) is 29.9 Å². The lowest BCUT2D eigenvalue weighted by atomic mass is 10.2. The Morgan fingerprint density at radius 2 is 1.47 bits per heavy atom. The lowest BCUT2D eigenvalue weighted by molar-refractivity contribution is 0.0696. The van der Waals surface area contributed by atoms with Crippen LogP contribution in [0.4, 0.5) is 4.79 Å². The van der Waals surface area contributed by atoms with Gasteiger partial charge in [-0.3, -0.25) is 0 Å². The SMILES string of the molecule is O=C(O)c1ccc(S(=O)(=O)C(=O)O)cc1. The van der Waals surface area contributed by atoms with Gasteiger partial charge in [0, 0.05) is 0 Å². The predicted octanol–water partition coefficient (Wildman–Crippen LogP) is 0.837. The van der Waals surface area contributed by atoms with Crippen LogP contribution in [-0.2, 0) is 9.84 Å². The van der Waals surface area contributed by atoms with Crippen molar-refractivity contribution in [3.05, 3.63) is 29.8 Å². The van der Waals surface area contributed by atoms with Gasteiger partial charge < -0.3 is 10.2 Å². The van der Waals surface area contributed by atoms with Crippen molar-refractivity contribution >= 4 is 21.1 Å². The van der Waals surface area contributed by atoms with E-state index in [2.05, 4.69) is 0 Å². The van der Waals surface area contributed by atoms with Gasteiger partial charge in [0.1, 0.15) is 0 Å². The van der Waals surface area contributed by atoms with E-state index in [9.17, 15) is 18.0 Å². The maximum atomic E-state index is 11.1. The first-order valence-corrected chi connectivity index (χ1v) is 5.15. The minimum Gasteiger partial charge on any atom is -0.478 e. The molecule has 0 atom stereocenters. The standard InChI is InChI=1S/C8H6O6S/c9-7(10)5-1-3-6(4-2-5)15(13,14)8(11)12/h1-4H,(H,9,10)(H,11,12). The van der Waals surface area contributed by atoms with Crippen molar-refractivity contribution in [3.63, 3.8) is 0 Å². The van der Waals surface area contributed by atoms with Gasteiger partial charge in [-0.15, -0.1) is 0 Å². The zero-order valence-electron chi connectivity index (χ0n) is 7.25. The summed E-state index contributed by atoms with van der Waals surface area (Å²) in [4.78, 5) is 20.3. The number of carboxylic acids is 1. The van der Waals surface area contributed by atoms with Crippen LogP contribution >= 0.6 is 0 Å². The van der Waals surface area contributed by atoms with E-state index < -0.39 is 26.0 Å². The number of carboxylic acid groups (broad SMARTS) is 2. The van der Waals surface area contributed by atoms with E-state index in [4.69, 9.17) is 10.2 Å². The Morgan fingerprint density at radius 1 is 1.00 bits per heavy atom. The number of rotatable bonds is 2. The molecule has 0 unspecified atom stereocenters. The molecule has 0 saturated carbocycles. The molecule has 2 N–H and O–H groups in total. The number of benzene rings is 1. The average Bonchev–Trinajstić information content (AvgIpc) is 2.17. The fraction of sp³-hybridized carbons (Fsp3) is 0. The molecule has 0 aromatic heterocycles. The molecule has 0 saturated heterocycles. The number of sulfone groups is 1. The van der Waals surface area contributed by atoms with Crippen LogP contribution in [0.2, 0.25) is 0 Å². The Morgan fingerprint density at radius 3 is 1.80 bits per heavy atom. The smallest absolute Gasteiger partial charge is 0.427 e. The number of aromatic carboxylic acids is 1. The van der Waals surface area contributed by atoms with Crippen LogP contribution in [0, 0.1) is 0 Å². The Hall–Kier alpha value is -1.89. The molecule has 80 valence electrons. The zero-order chi connectivity index (χ0) is 11.6. The first-order valence-electron chi connectivity index (χ1n) is 3.67. The average molecular weight is 230 g/mol. The summed E-state index contributed by atoms with van der Waals surface area (Å²) in [6.07, 6.45) is 0.